The monoisotopic (exact) mass is 230 g/mol. The van der Waals surface area contributed by atoms with Crippen molar-refractivity contribution in [1.82, 2.24) is 10.6 Å². The van der Waals surface area contributed by atoms with Crippen LogP contribution in [0.25, 0.3) is 0 Å². The number of thioether (sulfide) groups is 1. The number of carboxylic acids is 1. The van der Waals surface area contributed by atoms with Crippen LogP contribution in [-0.2, 0) is 4.79 Å². The van der Waals surface area contributed by atoms with E-state index in [1.807, 2.05) is 11.8 Å². The largest absolute Gasteiger partial charge is 0.481 e. The second-order valence-electron chi connectivity index (χ2n) is 4.23. The lowest BCUT2D eigenvalue weighted by molar-refractivity contribution is -0.137. The van der Waals surface area contributed by atoms with E-state index in [0.29, 0.717) is 23.8 Å². The van der Waals surface area contributed by atoms with Gasteiger partial charge in [0, 0.05) is 36.2 Å². The first-order chi connectivity index (χ1) is 7.27. The molecule has 0 amide bonds. The van der Waals surface area contributed by atoms with Crippen LogP contribution in [0, 0.1) is 0 Å². The highest BCUT2D eigenvalue weighted by atomic mass is 32.2. The van der Waals surface area contributed by atoms with Crippen LogP contribution in [0.5, 0.6) is 0 Å². The van der Waals surface area contributed by atoms with Gasteiger partial charge in [-0.05, 0) is 12.8 Å². The van der Waals surface area contributed by atoms with Crippen molar-refractivity contribution < 1.29 is 9.90 Å². The average molecular weight is 230 g/mol. The van der Waals surface area contributed by atoms with E-state index >= 15 is 0 Å². The van der Waals surface area contributed by atoms with Gasteiger partial charge < -0.3 is 5.11 Å². The van der Waals surface area contributed by atoms with Crippen LogP contribution < -0.4 is 10.6 Å². The Morgan fingerprint density at radius 2 is 2.27 bits per heavy atom. The van der Waals surface area contributed by atoms with E-state index in [1.165, 1.54) is 5.75 Å². The van der Waals surface area contributed by atoms with E-state index in [4.69, 9.17) is 5.11 Å². The van der Waals surface area contributed by atoms with Gasteiger partial charge in [-0.25, -0.2) is 0 Å². The van der Waals surface area contributed by atoms with Crippen LogP contribution in [0.3, 0.4) is 0 Å². The van der Waals surface area contributed by atoms with Crippen LogP contribution in [0.2, 0.25) is 0 Å². The van der Waals surface area contributed by atoms with Gasteiger partial charge in [-0.15, -0.1) is 0 Å². The molecule has 0 aromatic carbocycles. The maximum Gasteiger partial charge on any atom is 0.303 e. The van der Waals surface area contributed by atoms with Crippen LogP contribution in [-0.4, -0.2) is 40.8 Å². The third-order valence-corrected chi connectivity index (χ3v) is 4.66. The molecule has 3 atom stereocenters. The van der Waals surface area contributed by atoms with Crippen molar-refractivity contribution in [1.29, 1.82) is 0 Å². The van der Waals surface area contributed by atoms with Gasteiger partial charge in [-0.1, -0.05) is 6.42 Å². The fourth-order valence-electron chi connectivity index (χ4n) is 2.35. The summed E-state index contributed by atoms with van der Waals surface area (Å²) < 4.78 is 0. The first kappa shape index (κ1) is 11.2. The summed E-state index contributed by atoms with van der Waals surface area (Å²) in [6, 6.07) is 1.25. The molecule has 2 aliphatic rings. The zero-order valence-electron chi connectivity index (χ0n) is 8.74. The molecule has 5 heteroatoms. The van der Waals surface area contributed by atoms with Gasteiger partial charge in [0.2, 0.25) is 0 Å². The Hall–Kier alpha value is -0.260. The molecule has 2 saturated heterocycles. The Balaban J connectivity index is 1.65. The molecule has 0 saturated carbocycles. The van der Waals surface area contributed by atoms with Crippen LogP contribution in [0.15, 0.2) is 0 Å². The van der Waals surface area contributed by atoms with E-state index in [-0.39, 0.29) is 0 Å². The first-order valence-electron chi connectivity index (χ1n) is 5.57. The Morgan fingerprint density at radius 1 is 1.40 bits per heavy atom. The van der Waals surface area contributed by atoms with Crippen molar-refractivity contribution in [3.63, 3.8) is 0 Å². The Kier molecular flexibility index (Phi) is 3.88. The third-order valence-electron chi connectivity index (χ3n) is 3.16. The molecule has 86 valence electrons. The molecule has 2 fully saturated rings. The van der Waals surface area contributed by atoms with E-state index in [1.54, 1.807) is 0 Å². The maximum absolute atomic E-state index is 10.4. The molecule has 0 aliphatic carbocycles. The zero-order chi connectivity index (χ0) is 10.7. The molecular weight excluding hydrogens is 212 g/mol. The molecule has 2 aliphatic heterocycles. The summed E-state index contributed by atoms with van der Waals surface area (Å²) in [5.74, 6) is 0.522. The minimum absolute atomic E-state index is 0.317. The first-order valence-corrected chi connectivity index (χ1v) is 6.62. The highest BCUT2D eigenvalue weighted by Crippen LogP contribution is 2.32. The second-order valence-corrected chi connectivity index (χ2v) is 5.50. The van der Waals surface area contributed by atoms with Crippen molar-refractivity contribution in [3.05, 3.63) is 0 Å². The number of rotatable bonds is 5. The third kappa shape index (κ3) is 2.86. The van der Waals surface area contributed by atoms with E-state index in [2.05, 4.69) is 10.6 Å². The molecule has 0 bridgehead atoms. The summed E-state index contributed by atoms with van der Waals surface area (Å²) in [5, 5.41) is 16.1. The van der Waals surface area contributed by atoms with Crippen molar-refractivity contribution in [2.75, 3.05) is 12.4 Å². The highest BCUT2D eigenvalue weighted by molar-refractivity contribution is 8.00. The smallest absolute Gasteiger partial charge is 0.303 e. The van der Waals surface area contributed by atoms with Gasteiger partial charge in [0.25, 0.3) is 0 Å². The molecule has 3 unspecified atom stereocenters. The molecule has 3 N–H and O–H groups in total. The molecule has 2 heterocycles. The van der Waals surface area contributed by atoms with E-state index in [0.717, 1.165) is 25.9 Å². The zero-order valence-corrected chi connectivity index (χ0v) is 9.55. The summed E-state index contributed by atoms with van der Waals surface area (Å²) in [6.07, 6.45) is 3.32. The Bertz CT molecular complexity index is 237. The maximum atomic E-state index is 10.4. The summed E-state index contributed by atoms with van der Waals surface area (Å²) in [7, 11) is 0. The van der Waals surface area contributed by atoms with Gasteiger partial charge in [0.1, 0.15) is 0 Å². The second kappa shape index (κ2) is 5.18. The standard InChI is InChI=1S/C10H18N2O2S/c13-9(14)4-2-1-3-8-10-7(5-15-8)11-6-12-10/h7-8,10-12H,1-6H2,(H,13,14). The normalized spacial score (nSPS) is 34.3. The number of carbonyl (C=O) groups is 1. The van der Waals surface area contributed by atoms with Gasteiger partial charge in [0.15, 0.2) is 0 Å². The van der Waals surface area contributed by atoms with Gasteiger partial charge >= 0.3 is 5.97 Å². The number of hydrogen-bond donors (Lipinski definition) is 3. The number of aliphatic carboxylic acids is 1. The van der Waals surface area contributed by atoms with Crippen molar-refractivity contribution in [2.24, 2.45) is 0 Å². The average Bonchev–Trinajstić information content (AvgIpc) is 2.74. The number of unbranched alkanes of at least 4 members (excludes halogenated alkanes) is 1. The lowest BCUT2D eigenvalue weighted by Gasteiger charge is -2.16. The summed E-state index contributed by atoms with van der Waals surface area (Å²) in [5.41, 5.74) is 0. The molecule has 0 spiro atoms. The van der Waals surface area contributed by atoms with Crippen molar-refractivity contribution >= 4 is 17.7 Å². The van der Waals surface area contributed by atoms with E-state index < -0.39 is 5.97 Å². The minimum Gasteiger partial charge on any atom is -0.481 e. The molecule has 2 rings (SSSR count). The molecule has 0 radical (unpaired) electrons. The van der Waals surface area contributed by atoms with Gasteiger partial charge in [-0.2, -0.15) is 11.8 Å². The fraction of sp³-hybridized carbons (Fsp3) is 0.900. The predicted octanol–water partition coefficient (Wildman–Crippen LogP) is 0.634. The molecule has 15 heavy (non-hydrogen) atoms. The SMILES string of the molecule is O=C(O)CCCCC1SCC2NCNC21. The van der Waals surface area contributed by atoms with Crippen LogP contribution in [0.4, 0.5) is 0 Å². The van der Waals surface area contributed by atoms with Crippen LogP contribution >= 0.6 is 11.8 Å². The van der Waals surface area contributed by atoms with Gasteiger partial charge in [-0.3, -0.25) is 15.4 Å². The van der Waals surface area contributed by atoms with Gasteiger partial charge in [0.05, 0.1) is 0 Å². The summed E-state index contributed by atoms with van der Waals surface area (Å²) in [4.78, 5) is 10.4. The molecule has 0 aromatic heterocycles. The number of carboxylic acid groups (broad SMARTS) is 1. The number of nitrogens with one attached hydrogen (secondary N) is 2. The summed E-state index contributed by atoms with van der Waals surface area (Å²) in [6.45, 7) is 0.932. The highest BCUT2D eigenvalue weighted by Gasteiger charge is 2.38. The Morgan fingerprint density at radius 3 is 3.07 bits per heavy atom. The lowest BCUT2D eigenvalue weighted by Crippen LogP contribution is -2.36. The lowest BCUT2D eigenvalue weighted by atomic mass is 10.0. The Labute approximate surface area is 94.2 Å². The van der Waals surface area contributed by atoms with E-state index in [9.17, 15) is 4.79 Å². The number of hydrogen-bond acceptors (Lipinski definition) is 4. The van der Waals surface area contributed by atoms with Crippen molar-refractivity contribution in [3.8, 4) is 0 Å². The summed E-state index contributed by atoms with van der Waals surface area (Å²) >= 11 is 2.02. The van der Waals surface area contributed by atoms with Crippen molar-refractivity contribution in [2.45, 2.75) is 43.0 Å². The predicted molar refractivity (Wildman–Crippen MR) is 61.1 cm³/mol. The molecule has 0 aromatic rings. The molecular formula is C10H18N2O2S. The fourth-order valence-corrected chi connectivity index (χ4v) is 3.95. The topological polar surface area (TPSA) is 61.4 Å². The number of fused-ring (bicyclic) bond motifs is 1. The molecule has 4 nitrogen and oxygen atoms in total. The van der Waals surface area contributed by atoms with Crippen LogP contribution in [0.1, 0.15) is 25.7 Å². The minimum atomic E-state index is -0.674. The quantitative estimate of drug-likeness (QED) is 0.605.